The molecule has 1 saturated carbocycles. The molecule has 2 fully saturated rings. The molecule has 9 nitrogen and oxygen atoms in total. The summed E-state index contributed by atoms with van der Waals surface area (Å²) >= 11 is 3.17. The van der Waals surface area contributed by atoms with E-state index in [1.807, 2.05) is 12.3 Å². The topological polar surface area (TPSA) is 100 Å². The Morgan fingerprint density at radius 3 is 2.46 bits per heavy atom. The molecule has 1 heterocycles. The molecule has 0 bridgehead atoms. The molecule has 1 saturated heterocycles. The molecule has 0 spiro atoms. The maximum atomic E-state index is 13.4. The number of piperidine rings is 1. The van der Waals surface area contributed by atoms with Gasteiger partial charge in [0.25, 0.3) is 0 Å². The average Bonchev–Trinajstić information content (AvgIpc) is 2.98. The van der Waals surface area contributed by atoms with Crippen molar-refractivity contribution in [1.82, 2.24) is 20.4 Å². The Hall–Kier alpha value is -1.95. The van der Waals surface area contributed by atoms with Crippen molar-refractivity contribution in [2.75, 3.05) is 63.6 Å². The summed E-state index contributed by atoms with van der Waals surface area (Å²) in [5.74, 6) is 2.01. The lowest BCUT2D eigenvalue weighted by Gasteiger charge is -2.33. The Morgan fingerprint density at radius 1 is 1.05 bits per heavy atom. The van der Waals surface area contributed by atoms with Gasteiger partial charge in [-0.05, 0) is 49.2 Å². The molecule has 1 aliphatic carbocycles. The molecule has 1 aromatic carbocycles. The van der Waals surface area contributed by atoms with Gasteiger partial charge in [0.2, 0.25) is 11.8 Å². The minimum absolute atomic E-state index is 0.0843. The Bertz CT molecular complexity index is 911. The lowest BCUT2D eigenvalue weighted by Crippen LogP contribution is -2.54. The van der Waals surface area contributed by atoms with Crippen molar-refractivity contribution in [3.05, 3.63) is 35.9 Å². The first-order valence-electron chi connectivity index (χ1n) is 14.8. The van der Waals surface area contributed by atoms with Gasteiger partial charge < -0.3 is 20.1 Å². The first-order chi connectivity index (χ1) is 20.0. The number of methoxy groups -OCH3 is 1. The molecule has 1 atom stereocenters. The predicted octanol–water partition coefficient (Wildman–Crippen LogP) is 3.97. The molecular weight excluding hydrogens is 560 g/mol. The van der Waals surface area contributed by atoms with Gasteiger partial charge in [-0.15, -0.1) is 11.8 Å². The normalized spacial score (nSPS) is 17.5. The van der Waals surface area contributed by atoms with Crippen LogP contribution in [0.5, 0.6) is 0 Å². The lowest BCUT2D eigenvalue weighted by molar-refractivity contribution is -0.129. The first kappa shape index (κ1) is 33.6. The third-order valence-corrected chi connectivity index (χ3v) is 9.43. The second-order valence-electron chi connectivity index (χ2n) is 10.9. The zero-order chi connectivity index (χ0) is 29.3. The molecule has 230 valence electrons. The zero-order valence-electron chi connectivity index (χ0n) is 24.7. The monoisotopic (exact) mass is 608 g/mol. The van der Waals surface area contributed by atoms with Crippen molar-refractivity contribution < 1.29 is 23.9 Å². The van der Waals surface area contributed by atoms with Gasteiger partial charge in [-0.3, -0.25) is 19.4 Å². The van der Waals surface area contributed by atoms with Crippen LogP contribution in [-0.4, -0.2) is 103 Å². The molecule has 0 radical (unpaired) electrons. The van der Waals surface area contributed by atoms with Crippen LogP contribution in [0.1, 0.15) is 50.5 Å². The second kappa shape index (κ2) is 19.3. The van der Waals surface area contributed by atoms with Crippen molar-refractivity contribution in [3.63, 3.8) is 0 Å². The third-order valence-electron chi connectivity index (χ3n) is 7.59. The number of thioether (sulfide) groups is 2. The molecule has 1 aliphatic heterocycles. The van der Waals surface area contributed by atoms with Crippen LogP contribution in [0.2, 0.25) is 0 Å². The van der Waals surface area contributed by atoms with Crippen LogP contribution in [0.15, 0.2) is 30.3 Å². The highest BCUT2D eigenvalue weighted by Gasteiger charge is 2.28. The molecule has 3 amide bonds. The molecule has 41 heavy (non-hydrogen) atoms. The summed E-state index contributed by atoms with van der Waals surface area (Å²) in [7, 11) is 1.53. The van der Waals surface area contributed by atoms with Crippen molar-refractivity contribution in [2.45, 2.75) is 63.6 Å². The van der Waals surface area contributed by atoms with Gasteiger partial charge in [-0.25, -0.2) is 4.79 Å². The van der Waals surface area contributed by atoms with Gasteiger partial charge >= 0.3 is 6.09 Å². The highest BCUT2D eigenvalue weighted by molar-refractivity contribution is 7.99. The fraction of sp³-hybridized carbons (Fsp3) is 0.700. The SMILES string of the molecule is COCCOC(=O)N(CSC)CC(=O)N[C@@H](CSCC1CCCCC1)C(=O)NC1CCN(Cc2ccccc2)CC1. The predicted molar refractivity (Wildman–Crippen MR) is 167 cm³/mol. The van der Waals surface area contributed by atoms with Crippen molar-refractivity contribution in [2.24, 2.45) is 5.92 Å². The van der Waals surface area contributed by atoms with E-state index in [0.717, 1.165) is 38.2 Å². The number of nitrogens with zero attached hydrogens (tertiary/aromatic N) is 2. The molecule has 2 aliphatic rings. The second-order valence-corrected chi connectivity index (χ2v) is 12.8. The van der Waals surface area contributed by atoms with Crippen LogP contribution in [0.3, 0.4) is 0 Å². The average molecular weight is 609 g/mol. The summed E-state index contributed by atoms with van der Waals surface area (Å²) in [5.41, 5.74) is 1.30. The Balaban J connectivity index is 1.52. The molecule has 3 rings (SSSR count). The summed E-state index contributed by atoms with van der Waals surface area (Å²) < 4.78 is 10.1. The molecule has 0 aromatic heterocycles. The smallest absolute Gasteiger partial charge is 0.411 e. The van der Waals surface area contributed by atoms with Gasteiger partial charge in [0.05, 0.1) is 12.5 Å². The Labute approximate surface area is 254 Å². The van der Waals surface area contributed by atoms with E-state index in [1.54, 1.807) is 11.8 Å². The van der Waals surface area contributed by atoms with Gasteiger partial charge in [-0.2, -0.15) is 11.8 Å². The maximum Gasteiger partial charge on any atom is 0.411 e. The summed E-state index contributed by atoms with van der Waals surface area (Å²) in [6.07, 6.45) is 9.40. The van der Waals surface area contributed by atoms with Crippen LogP contribution in [-0.2, 0) is 25.6 Å². The maximum absolute atomic E-state index is 13.4. The number of benzene rings is 1. The van der Waals surface area contributed by atoms with E-state index in [9.17, 15) is 14.4 Å². The summed E-state index contributed by atoms with van der Waals surface area (Å²) in [6.45, 7) is 3.00. The van der Waals surface area contributed by atoms with Crippen LogP contribution >= 0.6 is 23.5 Å². The summed E-state index contributed by atoms with van der Waals surface area (Å²) in [4.78, 5) is 42.8. The number of rotatable bonds is 16. The number of carbonyl (C=O) groups is 3. The minimum Gasteiger partial charge on any atom is -0.447 e. The van der Waals surface area contributed by atoms with Crippen molar-refractivity contribution in [3.8, 4) is 0 Å². The highest BCUT2D eigenvalue weighted by Crippen LogP contribution is 2.27. The zero-order valence-corrected chi connectivity index (χ0v) is 26.3. The number of ether oxygens (including phenoxy) is 2. The number of carbonyl (C=O) groups excluding carboxylic acids is 3. The number of hydrogen-bond acceptors (Lipinski definition) is 8. The standard InChI is InChI=1S/C30H48N4O5S2/c1-38-17-18-39-30(37)34(23-40-2)20-28(35)32-27(22-41-21-25-11-7-4-8-12-25)29(36)31-26-13-15-33(16-14-26)19-24-9-5-3-6-10-24/h3,5-6,9-10,25-27H,4,7-8,11-23H2,1-2H3,(H,31,36)(H,32,35)/t27-/m0/s1. The van der Waals surface area contributed by atoms with Gasteiger partial charge in [0.15, 0.2) is 0 Å². The van der Waals surface area contributed by atoms with Gasteiger partial charge in [-0.1, -0.05) is 49.6 Å². The van der Waals surface area contributed by atoms with E-state index in [2.05, 4.69) is 39.8 Å². The Kier molecular flexibility index (Phi) is 15.8. The number of amides is 3. The molecule has 0 unspecified atom stereocenters. The van der Waals surface area contributed by atoms with E-state index in [0.29, 0.717) is 17.5 Å². The van der Waals surface area contributed by atoms with E-state index in [-0.39, 0.29) is 37.6 Å². The molecular formula is C30H48N4O5S2. The van der Waals surface area contributed by atoms with E-state index >= 15 is 0 Å². The van der Waals surface area contributed by atoms with Gasteiger partial charge in [0.1, 0.15) is 19.2 Å². The molecule has 1 aromatic rings. The number of likely N-dealkylation sites (tertiary alicyclic amines) is 1. The fourth-order valence-electron chi connectivity index (χ4n) is 5.30. The summed E-state index contributed by atoms with van der Waals surface area (Å²) in [5, 5.41) is 6.15. The van der Waals surface area contributed by atoms with Crippen LogP contribution in [0.4, 0.5) is 4.79 Å². The van der Waals surface area contributed by atoms with E-state index in [4.69, 9.17) is 9.47 Å². The molecule has 2 N–H and O–H groups in total. The number of nitrogens with one attached hydrogen (secondary N) is 2. The van der Waals surface area contributed by atoms with Gasteiger partial charge in [0, 0.05) is 38.5 Å². The summed E-state index contributed by atoms with van der Waals surface area (Å²) in [6, 6.07) is 9.88. The van der Waals surface area contributed by atoms with E-state index < -0.39 is 12.1 Å². The van der Waals surface area contributed by atoms with Crippen molar-refractivity contribution >= 4 is 41.4 Å². The third kappa shape index (κ3) is 12.8. The fourth-order valence-corrected chi connectivity index (χ4v) is 7.09. The first-order valence-corrected chi connectivity index (χ1v) is 17.4. The molecule has 11 heteroatoms. The van der Waals surface area contributed by atoms with Crippen LogP contribution in [0.25, 0.3) is 0 Å². The Morgan fingerprint density at radius 2 is 1.78 bits per heavy atom. The van der Waals surface area contributed by atoms with Crippen LogP contribution in [0, 0.1) is 5.92 Å². The lowest BCUT2D eigenvalue weighted by atomic mass is 9.91. The van der Waals surface area contributed by atoms with Crippen molar-refractivity contribution in [1.29, 1.82) is 0 Å². The van der Waals surface area contributed by atoms with Crippen LogP contribution < -0.4 is 10.6 Å². The van der Waals surface area contributed by atoms with E-state index in [1.165, 1.54) is 61.4 Å². The highest BCUT2D eigenvalue weighted by atomic mass is 32.2. The largest absolute Gasteiger partial charge is 0.447 e. The quantitative estimate of drug-likeness (QED) is 0.215. The minimum atomic E-state index is -0.654. The number of hydrogen-bond donors (Lipinski definition) is 2.